The molecule has 0 unspecified atom stereocenters. The van der Waals surface area contributed by atoms with Crippen molar-refractivity contribution < 1.29 is 14.3 Å². The smallest absolute Gasteiger partial charge is 0.336 e. The summed E-state index contributed by atoms with van der Waals surface area (Å²) in [7, 11) is 0. The van der Waals surface area contributed by atoms with Gasteiger partial charge in [-0.25, -0.2) is 9.18 Å². The van der Waals surface area contributed by atoms with E-state index in [0.717, 1.165) is 6.07 Å². The second-order valence-electron chi connectivity index (χ2n) is 2.34. The molecule has 1 N–H and O–H groups in total. The van der Waals surface area contributed by atoms with Crippen molar-refractivity contribution >= 4 is 21.9 Å². The van der Waals surface area contributed by atoms with Crippen molar-refractivity contribution in [2.45, 2.75) is 6.92 Å². The van der Waals surface area contributed by atoms with E-state index >= 15 is 0 Å². The van der Waals surface area contributed by atoms with Crippen molar-refractivity contribution in [1.29, 1.82) is 0 Å². The molecule has 12 heavy (non-hydrogen) atoms. The van der Waals surface area contributed by atoms with Gasteiger partial charge in [0.1, 0.15) is 5.82 Å². The molecule has 0 aliphatic carbocycles. The lowest BCUT2D eigenvalue weighted by Crippen LogP contribution is -1.99. The molecule has 0 aliphatic heterocycles. The van der Waals surface area contributed by atoms with Crippen LogP contribution in [0.25, 0.3) is 0 Å². The Labute approximate surface area is 77.2 Å². The third-order valence-corrected chi connectivity index (χ3v) is 2.57. The molecule has 2 nitrogen and oxygen atoms in total. The summed E-state index contributed by atoms with van der Waals surface area (Å²) in [5, 5.41) is 8.63. The molecular weight excluding hydrogens is 227 g/mol. The molecule has 0 radical (unpaired) electrons. The van der Waals surface area contributed by atoms with Crippen LogP contribution in [0.3, 0.4) is 0 Å². The molecule has 64 valence electrons. The molecule has 0 amide bonds. The van der Waals surface area contributed by atoms with Gasteiger partial charge in [0.05, 0.1) is 5.56 Å². The number of aromatic carboxylic acids is 1. The van der Waals surface area contributed by atoms with E-state index in [9.17, 15) is 9.18 Å². The summed E-state index contributed by atoms with van der Waals surface area (Å²) in [6.45, 7) is 1.52. The number of benzene rings is 1. The second kappa shape index (κ2) is 3.23. The topological polar surface area (TPSA) is 37.3 Å². The molecular formula is C8H6BrFO2. The number of carboxylic acid groups (broad SMARTS) is 1. The van der Waals surface area contributed by atoms with Crippen molar-refractivity contribution in [2.75, 3.05) is 0 Å². The van der Waals surface area contributed by atoms with Crippen LogP contribution in [0.2, 0.25) is 0 Å². The molecule has 0 bridgehead atoms. The summed E-state index contributed by atoms with van der Waals surface area (Å²) >= 11 is 3.01. The zero-order chi connectivity index (χ0) is 9.30. The SMILES string of the molecule is Cc1c(F)ccc(C(=O)O)c1Br. The Balaban J connectivity index is 3.36. The van der Waals surface area contributed by atoms with E-state index in [1.54, 1.807) is 0 Å². The Morgan fingerprint density at radius 2 is 2.17 bits per heavy atom. The quantitative estimate of drug-likeness (QED) is 0.809. The van der Waals surface area contributed by atoms with Crippen LogP contribution in [0.1, 0.15) is 15.9 Å². The number of hydrogen-bond donors (Lipinski definition) is 1. The fourth-order valence-electron chi connectivity index (χ4n) is 0.827. The Morgan fingerprint density at radius 3 is 2.67 bits per heavy atom. The summed E-state index contributed by atoms with van der Waals surface area (Å²) in [5.74, 6) is -1.48. The van der Waals surface area contributed by atoms with Crippen LogP contribution in [-0.2, 0) is 0 Å². The Morgan fingerprint density at radius 1 is 1.58 bits per heavy atom. The molecule has 0 aliphatic rings. The highest BCUT2D eigenvalue weighted by Crippen LogP contribution is 2.23. The van der Waals surface area contributed by atoms with Crippen LogP contribution < -0.4 is 0 Å². The highest BCUT2D eigenvalue weighted by Gasteiger charge is 2.12. The molecule has 1 aromatic carbocycles. The van der Waals surface area contributed by atoms with Gasteiger partial charge in [-0.05, 0) is 40.5 Å². The van der Waals surface area contributed by atoms with E-state index in [-0.39, 0.29) is 5.56 Å². The van der Waals surface area contributed by atoms with Crippen LogP contribution in [0, 0.1) is 12.7 Å². The standard InChI is InChI=1S/C8H6BrFO2/c1-4-6(10)3-2-5(7(4)9)8(11)12/h2-3H,1H3,(H,11,12). The number of rotatable bonds is 1. The number of halogens is 2. The van der Waals surface area contributed by atoms with Gasteiger partial charge in [0.2, 0.25) is 0 Å². The molecule has 0 saturated heterocycles. The van der Waals surface area contributed by atoms with Crippen LogP contribution in [0.15, 0.2) is 16.6 Å². The van der Waals surface area contributed by atoms with Gasteiger partial charge < -0.3 is 5.11 Å². The van der Waals surface area contributed by atoms with Crippen molar-refractivity contribution in [3.05, 3.63) is 33.5 Å². The summed E-state index contributed by atoms with van der Waals surface area (Å²) in [5.41, 5.74) is 0.392. The summed E-state index contributed by atoms with van der Waals surface area (Å²) < 4.78 is 13.1. The average molecular weight is 233 g/mol. The van der Waals surface area contributed by atoms with Crippen LogP contribution >= 0.6 is 15.9 Å². The minimum atomic E-state index is -1.06. The number of carboxylic acids is 1. The van der Waals surface area contributed by atoms with Crippen LogP contribution in [-0.4, -0.2) is 11.1 Å². The Hall–Kier alpha value is -0.900. The van der Waals surface area contributed by atoms with Crippen molar-refractivity contribution in [2.24, 2.45) is 0 Å². The second-order valence-corrected chi connectivity index (χ2v) is 3.13. The van der Waals surface area contributed by atoms with Crippen molar-refractivity contribution in [1.82, 2.24) is 0 Å². The van der Waals surface area contributed by atoms with E-state index in [4.69, 9.17) is 5.11 Å². The number of carbonyl (C=O) groups is 1. The fraction of sp³-hybridized carbons (Fsp3) is 0.125. The third-order valence-electron chi connectivity index (χ3n) is 1.55. The van der Waals surface area contributed by atoms with E-state index in [2.05, 4.69) is 15.9 Å². The lowest BCUT2D eigenvalue weighted by molar-refractivity contribution is 0.0695. The maximum atomic E-state index is 12.8. The molecule has 1 aromatic rings. The predicted octanol–water partition coefficient (Wildman–Crippen LogP) is 2.59. The van der Waals surface area contributed by atoms with Gasteiger partial charge in [-0.15, -0.1) is 0 Å². The molecule has 0 atom stereocenters. The van der Waals surface area contributed by atoms with E-state index < -0.39 is 11.8 Å². The third kappa shape index (κ3) is 1.48. The normalized spacial score (nSPS) is 9.92. The molecule has 0 heterocycles. The highest BCUT2D eigenvalue weighted by atomic mass is 79.9. The first-order valence-electron chi connectivity index (χ1n) is 3.22. The van der Waals surface area contributed by atoms with Gasteiger partial charge in [-0.3, -0.25) is 0 Å². The predicted molar refractivity (Wildman–Crippen MR) is 45.8 cm³/mol. The Kier molecular flexibility index (Phi) is 2.47. The van der Waals surface area contributed by atoms with Crippen LogP contribution in [0.5, 0.6) is 0 Å². The fourth-order valence-corrected chi connectivity index (χ4v) is 1.32. The van der Waals surface area contributed by atoms with Gasteiger partial charge in [-0.2, -0.15) is 0 Å². The molecule has 0 spiro atoms. The first-order chi connectivity index (χ1) is 5.54. The highest BCUT2D eigenvalue weighted by molar-refractivity contribution is 9.10. The summed E-state index contributed by atoms with van der Waals surface area (Å²) in [6.07, 6.45) is 0. The van der Waals surface area contributed by atoms with E-state index in [1.807, 2.05) is 0 Å². The Bertz CT molecular complexity index is 336. The van der Waals surface area contributed by atoms with E-state index in [1.165, 1.54) is 13.0 Å². The molecule has 0 saturated carbocycles. The van der Waals surface area contributed by atoms with E-state index in [0.29, 0.717) is 10.0 Å². The van der Waals surface area contributed by atoms with Gasteiger partial charge in [-0.1, -0.05) is 0 Å². The van der Waals surface area contributed by atoms with Crippen molar-refractivity contribution in [3.63, 3.8) is 0 Å². The van der Waals surface area contributed by atoms with Gasteiger partial charge in [0.15, 0.2) is 0 Å². The first-order valence-corrected chi connectivity index (χ1v) is 4.01. The van der Waals surface area contributed by atoms with Gasteiger partial charge in [0.25, 0.3) is 0 Å². The maximum absolute atomic E-state index is 12.8. The summed E-state index contributed by atoms with van der Waals surface area (Å²) in [6, 6.07) is 2.37. The molecule has 4 heteroatoms. The van der Waals surface area contributed by atoms with Gasteiger partial charge >= 0.3 is 5.97 Å². The lowest BCUT2D eigenvalue weighted by Gasteiger charge is -2.02. The largest absolute Gasteiger partial charge is 0.478 e. The zero-order valence-electron chi connectivity index (χ0n) is 6.27. The van der Waals surface area contributed by atoms with Gasteiger partial charge in [0, 0.05) is 4.47 Å². The minimum Gasteiger partial charge on any atom is -0.478 e. The molecule has 1 rings (SSSR count). The average Bonchev–Trinajstić information content (AvgIpc) is 2.00. The summed E-state index contributed by atoms with van der Waals surface area (Å²) in [4.78, 5) is 10.5. The zero-order valence-corrected chi connectivity index (χ0v) is 7.85. The van der Waals surface area contributed by atoms with Crippen LogP contribution in [0.4, 0.5) is 4.39 Å². The maximum Gasteiger partial charge on any atom is 0.336 e. The molecule has 0 fully saturated rings. The van der Waals surface area contributed by atoms with Crippen molar-refractivity contribution in [3.8, 4) is 0 Å². The molecule has 0 aromatic heterocycles. The first kappa shape index (κ1) is 9.19. The lowest BCUT2D eigenvalue weighted by atomic mass is 10.1. The monoisotopic (exact) mass is 232 g/mol. The number of hydrogen-bond acceptors (Lipinski definition) is 1. The minimum absolute atomic E-state index is 0.0777.